The molecular formula is C16H15BrN2O. The molecule has 0 saturated carbocycles. The first-order valence-electron chi connectivity index (χ1n) is 6.60. The lowest BCUT2D eigenvalue weighted by Gasteiger charge is -2.13. The Kier molecular flexibility index (Phi) is 3.74. The molecule has 0 heterocycles. The molecule has 4 heteroatoms. The zero-order valence-corrected chi connectivity index (χ0v) is 12.5. The van der Waals surface area contributed by atoms with Crippen molar-refractivity contribution in [2.45, 2.75) is 18.9 Å². The number of halogens is 1. The van der Waals surface area contributed by atoms with Gasteiger partial charge in [-0.25, -0.2) is 4.79 Å². The molecule has 2 aromatic carbocycles. The Balaban J connectivity index is 1.57. The molecule has 3 nitrogen and oxygen atoms in total. The molecule has 0 unspecified atom stereocenters. The maximum Gasteiger partial charge on any atom is 0.319 e. The van der Waals surface area contributed by atoms with E-state index in [9.17, 15) is 4.79 Å². The maximum absolute atomic E-state index is 12.0. The lowest BCUT2D eigenvalue weighted by Crippen LogP contribution is -2.38. The predicted molar refractivity (Wildman–Crippen MR) is 83.9 cm³/mol. The van der Waals surface area contributed by atoms with Crippen molar-refractivity contribution in [1.29, 1.82) is 0 Å². The molecule has 0 fully saturated rings. The van der Waals surface area contributed by atoms with Gasteiger partial charge in [-0.05, 0) is 48.2 Å². The Morgan fingerprint density at radius 3 is 2.20 bits per heavy atom. The van der Waals surface area contributed by atoms with Crippen molar-refractivity contribution in [3.63, 3.8) is 0 Å². The standard InChI is InChI=1S/C16H15BrN2O/c17-13-5-7-14(8-6-13)18-16(20)19-15-9-11-3-1-2-4-12(11)10-15/h1-8,15H,9-10H2,(H2,18,19,20). The lowest BCUT2D eigenvalue weighted by atomic mass is 10.1. The largest absolute Gasteiger partial charge is 0.334 e. The van der Waals surface area contributed by atoms with Gasteiger partial charge in [0.05, 0.1) is 0 Å². The molecule has 0 atom stereocenters. The first-order valence-corrected chi connectivity index (χ1v) is 7.40. The smallest absolute Gasteiger partial charge is 0.319 e. The van der Waals surface area contributed by atoms with Crippen LogP contribution in [-0.2, 0) is 12.8 Å². The van der Waals surface area contributed by atoms with Crippen LogP contribution in [0.3, 0.4) is 0 Å². The third-order valence-corrected chi connectivity index (χ3v) is 4.02. The van der Waals surface area contributed by atoms with Crippen LogP contribution < -0.4 is 10.6 Å². The fourth-order valence-electron chi connectivity index (χ4n) is 2.55. The summed E-state index contributed by atoms with van der Waals surface area (Å²) in [5, 5.41) is 5.88. The molecule has 0 radical (unpaired) electrons. The zero-order valence-electron chi connectivity index (χ0n) is 10.9. The van der Waals surface area contributed by atoms with Crippen LogP contribution in [0.4, 0.5) is 10.5 Å². The summed E-state index contributed by atoms with van der Waals surface area (Å²) in [5.74, 6) is 0. The second-order valence-corrected chi connectivity index (χ2v) is 5.89. The quantitative estimate of drug-likeness (QED) is 0.865. The lowest BCUT2D eigenvalue weighted by molar-refractivity contribution is 0.249. The number of rotatable bonds is 2. The highest BCUT2D eigenvalue weighted by Crippen LogP contribution is 2.21. The predicted octanol–water partition coefficient (Wildman–Crippen LogP) is 3.74. The summed E-state index contributed by atoms with van der Waals surface area (Å²) in [6.07, 6.45) is 1.81. The van der Waals surface area contributed by atoms with E-state index in [0.717, 1.165) is 23.0 Å². The van der Waals surface area contributed by atoms with Crippen molar-refractivity contribution in [2.24, 2.45) is 0 Å². The summed E-state index contributed by atoms with van der Waals surface area (Å²) in [4.78, 5) is 12.0. The molecule has 0 aliphatic heterocycles. The van der Waals surface area contributed by atoms with Crippen LogP contribution in [0.1, 0.15) is 11.1 Å². The van der Waals surface area contributed by atoms with Crippen LogP contribution in [0.25, 0.3) is 0 Å². The Hall–Kier alpha value is -1.81. The number of fused-ring (bicyclic) bond motifs is 1. The molecule has 1 aliphatic carbocycles. The third kappa shape index (κ3) is 3.02. The van der Waals surface area contributed by atoms with E-state index in [1.165, 1.54) is 11.1 Å². The number of carbonyl (C=O) groups excluding carboxylic acids is 1. The van der Waals surface area contributed by atoms with Gasteiger partial charge in [-0.1, -0.05) is 40.2 Å². The van der Waals surface area contributed by atoms with Gasteiger partial charge in [0.15, 0.2) is 0 Å². The van der Waals surface area contributed by atoms with Gasteiger partial charge in [0, 0.05) is 16.2 Å². The van der Waals surface area contributed by atoms with Crippen LogP contribution >= 0.6 is 15.9 Å². The van der Waals surface area contributed by atoms with Crippen LogP contribution in [0.5, 0.6) is 0 Å². The second kappa shape index (κ2) is 5.67. The number of anilines is 1. The minimum absolute atomic E-state index is 0.148. The minimum atomic E-state index is -0.148. The molecule has 0 saturated heterocycles. The minimum Gasteiger partial charge on any atom is -0.334 e. The molecule has 3 rings (SSSR count). The summed E-state index contributed by atoms with van der Waals surface area (Å²) in [6, 6.07) is 15.9. The van der Waals surface area contributed by atoms with Gasteiger partial charge in [0.1, 0.15) is 0 Å². The van der Waals surface area contributed by atoms with E-state index < -0.39 is 0 Å². The normalized spacial score (nSPS) is 13.8. The number of carbonyl (C=O) groups is 1. The van der Waals surface area contributed by atoms with E-state index in [0.29, 0.717) is 0 Å². The van der Waals surface area contributed by atoms with Crippen LogP contribution in [0.15, 0.2) is 53.0 Å². The molecule has 0 aromatic heterocycles. The molecule has 102 valence electrons. The average Bonchev–Trinajstić information content (AvgIpc) is 2.83. The summed E-state index contributed by atoms with van der Waals surface area (Å²) < 4.78 is 0.995. The van der Waals surface area contributed by atoms with Gasteiger partial charge < -0.3 is 10.6 Å². The van der Waals surface area contributed by atoms with Crippen molar-refractivity contribution in [3.8, 4) is 0 Å². The number of hydrogen-bond donors (Lipinski definition) is 2. The number of amides is 2. The van der Waals surface area contributed by atoms with E-state index in [1.807, 2.05) is 36.4 Å². The Morgan fingerprint density at radius 2 is 1.60 bits per heavy atom. The van der Waals surface area contributed by atoms with Gasteiger partial charge in [-0.15, -0.1) is 0 Å². The third-order valence-electron chi connectivity index (χ3n) is 3.49. The molecule has 1 aliphatic rings. The van der Waals surface area contributed by atoms with E-state index in [1.54, 1.807) is 0 Å². The van der Waals surface area contributed by atoms with Crippen molar-refractivity contribution >= 4 is 27.6 Å². The molecule has 2 amide bonds. The Labute approximate surface area is 126 Å². The van der Waals surface area contributed by atoms with Crippen molar-refractivity contribution in [3.05, 3.63) is 64.1 Å². The monoisotopic (exact) mass is 330 g/mol. The van der Waals surface area contributed by atoms with E-state index in [2.05, 4.69) is 38.7 Å². The van der Waals surface area contributed by atoms with Crippen LogP contribution in [0.2, 0.25) is 0 Å². The van der Waals surface area contributed by atoms with Gasteiger partial charge >= 0.3 is 6.03 Å². The first-order chi connectivity index (χ1) is 9.70. The van der Waals surface area contributed by atoms with Crippen LogP contribution in [-0.4, -0.2) is 12.1 Å². The maximum atomic E-state index is 12.0. The van der Waals surface area contributed by atoms with E-state index in [-0.39, 0.29) is 12.1 Å². The molecule has 2 N–H and O–H groups in total. The summed E-state index contributed by atoms with van der Waals surface area (Å²) in [7, 11) is 0. The van der Waals surface area contributed by atoms with Crippen LogP contribution in [0, 0.1) is 0 Å². The van der Waals surface area contributed by atoms with Crippen molar-refractivity contribution in [1.82, 2.24) is 5.32 Å². The number of nitrogens with one attached hydrogen (secondary N) is 2. The highest BCUT2D eigenvalue weighted by Gasteiger charge is 2.22. The second-order valence-electron chi connectivity index (χ2n) is 4.98. The summed E-state index contributed by atoms with van der Waals surface area (Å²) >= 11 is 3.37. The molecule has 0 bridgehead atoms. The fourth-order valence-corrected chi connectivity index (χ4v) is 2.81. The summed E-state index contributed by atoms with van der Waals surface area (Å²) in [5.41, 5.74) is 3.46. The number of urea groups is 1. The van der Waals surface area contributed by atoms with Gasteiger partial charge in [-0.3, -0.25) is 0 Å². The van der Waals surface area contributed by atoms with E-state index in [4.69, 9.17) is 0 Å². The fraction of sp³-hybridized carbons (Fsp3) is 0.188. The molecule has 0 spiro atoms. The number of hydrogen-bond acceptors (Lipinski definition) is 1. The van der Waals surface area contributed by atoms with Gasteiger partial charge in [-0.2, -0.15) is 0 Å². The topological polar surface area (TPSA) is 41.1 Å². The number of benzene rings is 2. The molecular weight excluding hydrogens is 316 g/mol. The Bertz CT molecular complexity index is 600. The average molecular weight is 331 g/mol. The SMILES string of the molecule is O=C(Nc1ccc(Br)cc1)NC1Cc2ccccc2C1. The highest BCUT2D eigenvalue weighted by atomic mass is 79.9. The summed E-state index contributed by atoms with van der Waals surface area (Å²) in [6.45, 7) is 0. The van der Waals surface area contributed by atoms with Crippen molar-refractivity contribution in [2.75, 3.05) is 5.32 Å². The molecule has 2 aromatic rings. The van der Waals surface area contributed by atoms with E-state index >= 15 is 0 Å². The molecule has 20 heavy (non-hydrogen) atoms. The first kappa shape index (κ1) is 13.2. The zero-order chi connectivity index (χ0) is 13.9. The Morgan fingerprint density at radius 1 is 1.00 bits per heavy atom. The van der Waals surface area contributed by atoms with Gasteiger partial charge in [0.25, 0.3) is 0 Å². The van der Waals surface area contributed by atoms with Crippen molar-refractivity contribution < 1.29 is 4.79 Å². The highest BCUT2D eigenvalue weighted by molar-refractivity contribution is 9.10. The van der Waals surface area contributed by atoms with Gasteiger partial charge in [0.2, 0.25) is 0 Å².